The molecule has 6 atom stereocenters. The molecule has 0 radical (unpaired) electrons. The number of aryl methyl sites for hydroxylation is 3. The number of alkyl carbamates (subject to hydrolysis) is 1. The minimum absolute atomic E-state index is 0.00242. The van der Waals surface area contributed by atoms with Crippen LogP contribution in [-0.2, 0) is 114 Å². The van der Waals surface area contributed by atoms with Crippen LogP contribution in [0, 0.1) is 0 Å². The number of carbonyl (C=O) groups is 1. The second kappa shape index (κ2) is 52.1. The Labute approximate surface area is 814 Å². The third kappa shape index (κ3) is 28.8. The van der Waals surface area contributed by atoms with Crippen molar-refractivity contribution in [2.75, 3.05) is 139 Å². The minimum atomic E-state index is -4.27. The molecule has 6 bridgehead atoms. The van der Waals surface area contributed by atoms with Crippen molar-refractivity contribution in [2.24, 2.45) is 0 Å². The van der Waals surface area contributed by atoms with Crippen LogP contribution in [0.4, 0.5) is 4.79 Å². The van der Waals surface area contributed by atoms with Gasteiger partial charge < -0.3 is 132 Å². The summed E-state index contributed by atoms with van der Waals surface area (Å²) in [6.45, 7) is 21.9. The number of ether oxygens (including phenoxy) is 13. The van der Waals surface area contributed by atoms with Crippen molar-refractivity contribution in [2.45, 2.75) is 210 Å². The Balaban J connectivity index is 0.573. The average Bonchev–Trinajstić information content (AvgIpc) is 1.43. The molecule has 7 saturated heterocycles. The molecule has 0 aliphatic carbocycles. The number of rotatable bonds is 67. The van der Waals surface area contributed by atoms with E-state index in [1.165, 1.54) is 22.3 Å². The molecule has 7 aliphatic heterocycles. The van der Waals surface area contributed by atoms with Crippen molar-refractivity contribution in [1.29, 1.82) is 0 Å². The lowest BCUT2D eigenvalue weighted by molar-refractivity contribution is -0.195. The van der Waals surface area contributed by atoms with Gasteiger partial charge in [0.2, 0.25) is 15.8 Å². The van der Waals surface area contributed by atoms with Gasteiger partial charge in [-0.3, -0.25) is 0 Å². The van der Waals surface area contributed by atoms with Crippen molar-refractivity contribution in [3.8, 4) is 67.9 Å². The van der Waals surface area contributed by atoms with Gasteiger partial charge >= 0.3 is 76.5 Å². The SMILES string of the molecule is CCCOCCOCCOc1ccc(-c2ccc(CCCCCCCCOc3c(OCCCCCCCCc4ccc(-c5ccc(OCCOCCOCCO)cc5)cc4)cc(COC(=O)NCC[SiH2]O[Si]45O[Si]6(C)OC78O[Si]9(C)O[SiH](O[Si]7(C)O[Si]8(C)O4)O[Si]4(C)O[Si](C)(O5)C4(O9)O6)cc3OCCCCCCCCc3ccc(-c4ccc(OCCOCCOCCO)cc4)cc3)cc2)cc1. The van der Waals surface area contributed by atoms with Gasteiger partial charge in [-0.2, -0.15) is 0 Å². The van der Waals surface area contributed by atoms with Crippen molar-refractivity contribution in [3.63, 3.8) is 0 Å². The third-order valence-electron chi connectivity index (χ3n) is 24.9. The van der Waals surface area contributed by atoms with Gasteiger partial charge in [-0.05, 0) is 201 Å². The zero-order valence-corrected chi connectivity index (χ0v) is 90.1. The molecule has 7 aromatic carbocycles. The van der Waals surface area contributed by atoms with E-state index in [1.54, 1.807) is 6.55 Å². The summed E-state index contributed by atoms with van der Waals surface area (Å²) >= 11 is 0. The number of amides is 1. The molecule has 7 aromatic rings. The van der Waals surface area contributed by atoms with Crippen molar-refractivity contribution < 1.29 is 131 Å². The summed E-state index contributed by atoms with van der Waals surface area (Å²) in [5.74, 6) is 4.10. The predicted molar refractivity (Wildman–Crippen MR) is 532 cm³/mol. The fourth-order valence-electron chi connectivity index (χ4n) is 18.0. The Morgan fingerprint density at radius 1 is 0.353 bits per heavy atom. The summed E-state index contributed by atoms with van der Waals surface area (Å²) in [5.41, 5.74) is 11.6. The molecule has 0 aromatic heterocycles. The Morgan fingerprint density at radius 2 is 0.691 bits per heavy atom. The number of hydrogen-bond acceptors (Lipinski definition) is 29. The van der Waals surface area contributed by atoms with Crippen LogP contribution in [-0.4, -0.2) is 245 Å². The minimum Gasteiger partial charge on any atom is -0.491 e. The van der Waals surface area contributed by atoms with Crippen LogP contribution in [0.3, 0.4) is 0 Å². The lowest BCUT2D eigenvalue weighted by Gasteiger charge is -2.68. The highest BCUT2D eigenvalue weighted by Crippen LogP contribution is 2.65. The normalized spacial score (nSPS) is 24.8. The van der Waals surface area contributed by atoms with Gasteiger partial charge in [-0.25, -0.2) is 4.79 Å². The van der Waals surface area contributed by atoms with Gasteiger partial charge in [0.1, 0.15) is 43.7 Å². The number of nitrogens with one attached hydrogen (secondary N) is 1. The second-order valence-corrected chi connectivity index (χ2v) is 62.1. The lowest BCUT2D eigenvalue weighted by atomic mass is 10.0. The molecule has 0 saturated carbocycles. The maximum Gasteiger partial charge on any atom is 0.643 e. The summed E-state index contributed by atoms with van der Waals surface area (Å²) in [6.07, 6.45) is 22.4. The highest BCUT2D eigenvalue weighted by Gasteiger charge is 2.98. The smallest absolute Gasteiger partial charge is 0.491 e. The molecular weight excluding hydrogens is 1900 g/mol. The van der Waals surface area contributed by atoms with Gasteiger partial charge in [-0.1, -0.05) is 193 Å². The Bertz CT molecular complexity index is 4550. The standard InChI is InChI=1S/C97H143NO29Si9/c1-8-57-102-63-66-105-69-72-108-89-48-42-86(43-49-89)85-40-34-81(35-41-85)29-23-17-11-14-20-26-60-113-94-92(111-58-24-18-12-9-15-21-27-79-30-36-83(37-31-79)87-44-50-90(51-45-87)109-73-70-106-67-64-103-61-55-99)76-82(77-93(94)112-59-25-19-13-10-16-22-28-80-32-38-84(39-33-80)88-46-52-91(53-47-88)110-74-71-107-68-65-104-62-56-100)78-114-95(101)98-54-75-128-119-136-125-132(4)96-115-134(6)116-97(118-135(7,117-96)127-136)131(3,124-133(97,5)126-136)121-129(122-134)120-130(96,2)123-132/h30-53,76-77,99-100,129H,8-29,54-75,78,128H2,1-7H3,(H,98,101). The molecule has 6 unspecified atom stereocenters. The summed E-state index contributed by atoms with van der Waals surface area (Å²) in [6, 6.07) is 55.6. The van der Waals surface area contributed by atoms with Gasteiger partial charge in [0.25, 0.3) is 0 Å². The van der Waals surface area contributed by atoms with Crippen LogP contribution >= 0.6 is 0 Å². The Hall–Kier alpha value is -6.28. The van der Waals surface area contributed by atoms with E-state index in [9.17, 15) is 4.79 Å². The van der Waals surface area contributed by atoms with E-state index in [-0.39, 0.29) is 26.4 Å². The van der Waals surface area contributed by atoms with Crippen molar-refractivity contribution in [3.05, 3.63) is 180 Å². The van der Waals surface area contributed by atoms with Crippen molar-refractivity contribution >= 4 is 86.3 Å². The molecule has 136 heavy (non-hydrogen) atoms. The van der Waals surface area contributed by atoms with Crippen LogP contribution in [0.25, 0.3) is 33.4 Å². The number of hydrogen-bond donors (Lipinski definition) is 3. The van der Waals surface area contributed by atoms with E-state index in [4.69, 9.17) is 127 Å². The number of benzene rings is 7. The number of fused-ring (bicyclic) bond motifs is 2. The fourth-order valence-corrected chi connectivity index (χ4v) is 69.8. The maximum absolute atomic E-state index is 13.9. The number of unbranched alkanes of at least 4 members (excludes halogenated alkanes) is 15. The number of carbonyl (C=O) groups excluding carboxylic acids is 1. The zero-order valence-electron chi connectivity index (χ0n) is 80.5. The molecule has 1 amide bonds. The first-order chi connectivity index (χ1) is 66.2. The Morgan fingerprint density at radius 3 is 1.07 bits per heavy atom. The predicted octanol–water partition coefficient (Wildman–Crippen LogP) is 16.4. The molecule has 2 spiro atoms. The average molecular weight is 2040 g/mol. The topological polar surface area (TPSA) is 310 Å². The number of aliphatic hydroxyl groups excluding tert-OH is 2. The molecule has 3 N–H and O–H groups in total. The second-order valence-electron chi connectivity index (χ2n) is 35.9. The quantitative estimate of drug-likeness (QED) is 0.0236. The van der Waals surface area contributed by atoms with Crippen LogP contribution < -0.4 is 33.7 Å². The first kappa shape index (κ1) is 106. The van der Waals surface area contributed by atoms with E-state index in [2.05, 4.69) is 121 Å². The summed E-state index contributed by atoms with van der Waals surface area (Å²) < 4.78 is 167. The fraction of sp³-hybridized carbons (Fsp3) is 0.557. The van der Waals surface area contributed by atoms with Crippen molar-refractivity contribution in [1.82, 2.24) is 5.32 Å². The highest BCUT2D eigenvalue weighted by molar-refractivity contribution is 7.12. The van der Waals surface area contributed by atoms with Crippen LogP contribution in [0.5, 0.6) is 34.5 Å². The third-order valence-corrected chi connectivity index (χ3v) is 64.5. The molecular formula is C97H143NO29Si9. The van der Waals surface area contributed by atoms with Gasteiger partial charge in [0.05, 0.1) is 106 Å². The summed E-state index contributed by atoms with van der Waals surface area (Å²) in [7, 11) is -30.7. The first-order valence-corrected chi connectivity index (χ1v) is 67.6. The van der Waals surface area contributed by atoms with E-state index < -0.39 is 96.4 Å². The molecule has 14 rings (SSSR count). The summed E-state index contributed by atoms with van der Waals surface area (Å²) in [5, 5.41) is 17.7. The summed E-state index contributed by atoms with van der Waals surface area (Å²) in [4.78, 5) is 13.9. The van der Waals surface area contributed by atoms with Gasteiger partial charge in [0, 0.05) is 26.2 Å². The van der Waals surface area contributed by atoms with Gasteiger partial charge in [0.15, 0.2) is 21.3 Å². The first-order valence-electron chi connectivity index (χ1n) is 49.3. The monoisotopic (exact) mass is 2040 g/mol. The van der Waals surface area contributed by atoms with E-state index in [0.29, 0.717) is 141 Å². The Kier molecular flexibility index (Phi) is 40.4. The molecule has 7 fully saturated rings. The molecule has 30 nitrogen and oxygen atoms in total. The molecule has 746 valence electrons. The zero-order chi connectivity index (χ0) is 94.9. The molecule has 7 heterocycles. The van der Waals surface area contributed by atoms with Gasteiger partial charge in [-0.15, -0.1) is 0 Å². The van der Waals surface area contributed by atoms with E-state index >= 15 is 0 Å². The lowest BCUT2D eigenvalue weighted by Crippen LogP contribution is -2.98. The van der Waals surface area contributed by atoms with Crippen LogP contribution in [0.1, 0.15) is 151 Å². The molecule has 7 aliphatic rings. The molecule has 39 heteroatoms. The van der Waals surface area contributed by atoms with E-state index in [0.717, 1.165) is 193 Å². The largest absolute Gasteiger partial charge is 0.643 e. The number of aliphatic hydroxyl groups is 2. The maximum atomic E-state index is 13.9. The van der Waals surface area contributed by atoms with E-state index in [1.807, 2.05) is 81.3 Å². The highest BCUT2D eigenvalue weighted by atomic mass is 28.6. The van der Waals surface area contributed by atoms with Crippen LogP contribution in [0.15, 0.2) is 158 Å². The van der Waals surface area contributed by atoms with Crippen LogP contribution in [0.2, 0.25) is 45.3 Å².